The van der Waals surface area contributed by atoms with E-state index >= 15 is 0 Å². The highest BCUT2D eigenvalue weighted by Crippen LogP contribution is 2.19. The number of ether oxygens (including phenoxy) is 2. The van der Waals surface area contributed by atoms with Crippen molar-refractivity contribution in [1.82, 2.24) is 4.57 Å². The van der Waals surface area contributed by atoms with E-state index in [-0.39, 0.29) is 5.91 Å². The van der Waals surface area contributed by atoms with Crippen molar-refractivity contribution in [2.24, 2.45) is 0 Å². The van der Waals surface area contributed by atoms with E-state index in [1.165, 1.54) is 12.3 Å². The molecule has 0 saturated carbocycles. The first-order valence-corrected chi connectivity index (χ1v) is 8.16. The molecule has 0 aliphatic heterocycles. The number of nitrogens with zero attached hydrogens (tertiary/aromatic N) is 1. The third-order valence-electron chi connectivity index (χ3n) is 3.90. The molecule has 0 radical (unpaired) electrons. The molecule has 5 nitrogen and oxygen atoms in total. The third kappa shape index (κ3) is 4.47. The van der Waals surface area contributed by atoms with Gasteiger partial charge < -0.3 is 19.4 Å². The highest BCUT2D eigenvalue weighted by molar-refractivity contribution is 5.88. The third-order valence-corrected chi connectivity index (χ3v) is 3.90. The van der Waals surface area contributed by atoms with Crippen LogP contribution in [0.1, 0.15) is 18.1 Å². The SMILES string of the molecule is COCc1ccc2ccn(COCc3cccc(NC(C)=O)c3)c2c1. The molecule has 0 fully saturated rings. The van der Waals surface area contributed by atoms with Crippen LogP contribution in [-0.4, -0.2) is 17.6 Å². The van der Waals surface area contributed by atoms with Crippen molar-refractivity contribution in [3.05, 3.63) is 65.9 Å². The highest BCUT2D eigenvalue weighted by atomic mass is 16.5. The van der Waals surface area contributed by atoms with Gasteiger partial charge in [0.25, 0.3) is 0 Å². The summed E-state index contributed by atoms with van der Waals surface area (Å²) in [6.45, 7) is 3.03. The van der Waals surface area contributed by atoms with Gasteiger partial charge in [-0.25, -0.2) is 0 Å². The number of rotatable bonds is 7. The van der Waals surface area contributed by atoms with Crippen molar-refractivity contribution in [3.8, 4) is 0 Å². The second kappa shape index (κ2) is 7.96. The average Bonchev–Trinajstić information content (AvgIpc) is 2.98. The molecule has 2 aromatic carbocycles. The van der Waals surface area contributed by atoms with Gasteiger partial charge in [-0.05, 0) is 40.8 Å². The summed E-state index contributed by atoms with van der Waals surface area (Å²) in [5.74, 6) is -0.0799. The van der Waals surface area contributed by atoms with Crippen LogP contribution in [0.3, 0.4) is 0 Å². The average molecular weight is 338 g/mol. The van der Waals surface area contributed by atoms with E-state index < -0.39 is 0 Å². The molecule has 3 aromatic rings. The summed E-state index contributed by atoms with van der Waals surface area (Å²) in [6, 6.07) is 16.0. The number of amides is 1. The van der Waals surface area contributed by atoms with Gasteiger partial charge in [0.1, 0.15) is 6.73 Å². The lowest BCUT2D eigenvalue weighted by atomic mass is 10.2. The van der Waals surface area contributed by atoms with Crippen LogP contribution in [0.4, 0.5) is 5.69 Å². The minimum absolute atomic E-state index is 0.0799. The van der Waals surface area contributed by atoms with Crippen LogP contribution in [0.2, 0.25) is 0 Å². The number of fused-ring (bicyclic) bond motifs is 1. The monoisotopic (exact) mass is 338 g/mol. The van der Waals surface area contributed by atoms with E-state index in [0.717, 1.165) is 22.3 Å². The molecule has 1 N–H and O–H groups in total. The van der Waals surface area contributed by atoms with Crippen molar-refractivity contribution in [3.63, 3.8) is 0 Å². The minimum Gasteiger partial charge on any atom is -0.380 e. The van der Waals surface area contributed by atoms with E-state index in [1.54, 1.807) is 7.11 Å². The second-order valence-electron chi connectivity index (χ2n) is 5.97. The van der Waals surface area contributed by atoms with Crippen molar-refractivity contribution >= 4 is 22.5 Å². The molecule has 0 saturated heterocycles. The maximum absolute atomic E-state index is 11.1. The summed E-state index contributed by atoms with van der Waals surface area (Å²) in [6.07, 6.45) is 2.02. The normalized spacial score (nSPS) is 11.0. The Morgan fingerprint density at radius 3 is 2.72 bits per heavy atom. The highest BCUT2D eigenvalue weighted by Gasteiger charge is 2.04. The Morgan fingerprint density at radius 2 is 1.92 bits per heavy atom. The second-order valence-corrected chi connectivity index (χ2v) is 5.97. The Kier molecular flexibility index (Phi) is 5.48. The maximum atomic E-state index is 11.1. The Bertz CT molecular complexity index is 870. The molecule has 1 amide bonds. The number of benzene rings is 2. The first-order chi connectivity index (χ1) is 12.2. The van der Waals surface area contributed by atoms with Crippen molar-refractivity contribution < 1.29 is 14.3 Å². The van der Waals surface area contributed by atoms with E-state index in [4.69, 9.17) is 9.47 Å². The van der Waals surface area contributed by atoms with E-state index in [1.807, 2.05) is 30.5 Å². The Labute approximate surface area is 147 Å². The Hall–Kier alpha value is -2.63. The van der Waals surface area contributed by atoms with Gasteiger partial charge in [-0.1, -0.05) is 24.3 Å². The zero-order chi connectivity index (χ0) is 17.6. The molecule has 3 rings (SSSR count). The topological polar surface area (TPSA) is 52.5 Å². The molecule has 130 valence electrons. The molecule has 5 heteroatoms. The maximum Gasteiger partial charge on any atom is 0.221 e. The number of aromatic nitrogens is 1. The number of methoxy groups -OCH3 is 1. The summed E-state index contributed by atoms with van der Waals surface area (Å²) in [7, 11) is 1.70. The molecular weight excluding hydrogens is 316 g/mol. The summed E-state index contributed by atoms with van der Waals surface area (Å²) in [4.78, 5) is 11.1. The van der Waals surface area contributed by atoms with Crippen molar-refractivity contribution in [2.75, 3.05) is 12.4 Å². The molecule has 1 heterocycles. The molecule has 0 atom stereocenters. The number of nitrogens with one attached hydrogen (secondary N) is 1. The van der Waals surface area contributed by atoms with Crippen LogP contribution in [0, 0.1) is 0 Å². The summed E-state index contributed by atoms with van der Waals surface area (Å²) < 4.78 is 13.1. The van der Waals surface area contributed by atoms with Gasteiger partial charge in [0.15, 0.2) is 0 Å². The lowest BCUT2D eigenvalue weighted by Crippen LogP contribution is -2.06. The van der Waals surface area contributed by atoms with Crippen LogP contribution < -0.4 is 5.32 Å². The zero-order valence-corrected chi connectivity index (χ0v) is 14.5. The Balaban J connectivity index is 1.65. The number of hydrogen-bond donors (Lipinski definition) is 1. The molecule has 0 unspecified atom stereocenters. The fourth-order valence-corrected chi connectivity index (χ4v) is 2.80. The first-order valence-electron chi connectivity index (χ1n) is 8.16. The molecule has 1 aromatic heterocycles. The van der Waals surface area contributed by atoms with Crippen LogP contribution in [0.15, 0.2) is 54.7 Å². The van der Waals surface area contributed by atoms with Crippen LogP contribution >= 0.6 is 0 Å². The van der Waals surface area contributed by atoms with Crippen LogP contribution in [0.5, 0.6) is 0 Å². The van der Waals surface area contributed by atoms with E-state index in [0.29, 0.717) is 19.9 Å². The number of carbonyl (C=O) groups excluding carboxylic acids is 1. The molecule has 0 aliphatic rings. The van der Waals surface area contributed by atoms with Gasteiger partial charge in [-0.15, -0.1) is 0 Å². The first kappa shape index (κ1) is 17.2. The van der Waals surface area contributed by atoms with E-state index in [2.05, 4.69) is 34.1 Å². The summed E-state index contributed by atoms with van der Waals surface area (Å²) >= 11 is 0. The van der Waals surface area contributed by atoms with Crippen molar-refractivity contribution in [1.29, 1.82) is 0 Å². The van der Waals surface area contributed by atoms with Gasteiger partial charge in [0, 0.05) is 25.9 Å². The summed E-state index contributed by atoms with van der Waals surface area (Å²) in [5.41, 5.74) is 4.06. The number of anilines is 1. The fourth-order valence-electron chi connectivity index (χ4n) is 2.80. The lowest BCUT2D eigenvalue weighted by Gasteiger charge is -2.09. The molecule has 0 bridgehead atoms. The zero-order valence-electron chi connectivity index (χ0n) is 14.5. The smallest absolute Gasteiger partial charge is 0.221 e. The van der Waals surface area contributed by atoms with Gasteiger partial charge in [-0.3, -0.25) is 4.79 Å². The predicted molar refractivity (Wildman–Crippen MR) is 98.2 cm³/mol. The number of hydrogen-bond acceptors (Lipinski definition) is 3. The van der Waals surface area contributed by atoms with Gasteiger partial charge in [0.2, 0.25) is 5.91 Å². The van der Waals surface area contributed by atoms with Gasteiger partial charge in [-0.2, -0.15) is 0 Å². The predicted octanol–water partition coefficient (Wildman–Crippen LogP) is 3.92. The van der Waals surface area contributed by atoms with Crippen molar-refractivity contribution in [2.45, 2.75) is 26.9 Å². The molecule has 0 aliphatic carbocycles. The summed E-state index contributed by atoms with van der Waals surface area (Å²) in [5, 5.41) is 3.96. The fraction of sp³-hybridized carbons (Fsp3) is 0.250. The molecule has 25 heavy (non-hydrogen) atoms. The molecular formula is C20H22N2O3. The number of carbonyl (C=O) groups is 1. The largest absolute Gasteiger partial charge is 0.380 e. The Morgan fingerprint density at radius 1 is 1.08 bits per heavy atom. The van der Waals surface area contributed by atoms with Crippen LogP contribution in [0.25, 0.3) is 10.9 Å². The minimum atomic E-state index is -0.0799. The van der Waals surface area contributed by atoms with Gasteiger partial charge >= 0.3 is 0 Å². The van der Waals surface area contributed by atoms with Gasteiger partial charge in [0.05, 0.1) is 18.7 Å². The quantitative estimate of drug-likeness (QED) is 0.710. The molecule has 0 spiro atoms. The van der Waals surface area contributed by atoms with E-state index in [9.17, 15) is 4.79 Å². The van der Waals surface area contributed by atoms with Crippen LogP contribution in [-0.2, 0) is 34.2 Å². The lowest BCUT2D eigenvalue weighted by molar-refractivity contribution is -0.114. The standard InChI is InChI=1S/C20H22N2O3/c1-15(23)21-19-5-3-4-16(10-19)13-25-14-22-9-8-18-7-6-17(12-24-2)11-20(18)22/h3-11H,12-14H2,1-2H3,(H,21,23).